The van der Waals surface area contributed by atoms with Crippen LogP contribution in [0.4, 0.5) is 17.5 Å². The van der Waals surface area contributed by atoms with Gasteiger partial charge >= 0.3 is 0 Å². The third-order valence-corrected chi connectivity index (χ3v) is 4.17. The van der Waals surface area contributed by atoms with E-state index in [1.165, 1.54) is 5.56 Å². The second-order valence-electron chi connectivity index (χ2n) is 6.01. The van der Waals surface area contributed by atoms with Gasteiger partial charge in [-0.3, -0.25) is 0 Å². The van der Waals surface area contributed by atoms with Crippen molar-refractivity contribution in [2.24, 2.45) is 0 Å². The van der Waals surface area contributed by atoms with E-state index < -0.39 is 0 Å². The average Bonchev–Trinajstić information content (AvgIpc) is 2.62. The molecule has 1 aromatic heterocycles. The normalized spacial score (nSPS) is 10.7. The molecule has 2 N–H and O–H groups in total. The molecule has 1 heterocycles. The van der Waals surface area contributed by atoms with Gasteiger partial charge in [-0.2, -0.15) is 10.1 Å². The summed E-state index contributed by atoms with van der Waals surface area (Å²) in [7, 11) is 0. The van der Waals surface area contributed by atoms with Crippen LogP contribution in [0.15, 0.2) is 54.7 Å². The van der Waals surface area contributed by atoms with Crippen molar-refractivity contribution in [3.63, 3.8) is 0 Å². The second kappa shape index (κ2) is 7.94. The monoisotopic (exact) mass is 353 g/mol. The smallest absolute Gasteiger partial charge is 0.244 e. The predicted molar refractivity (Wildman–Crippen MR) is 102 cm³/mol. The van der Waals surface area contributed by atoms with Crippen molar-refractivity contribution in [2.75, 3.05) is 10.6 Å². The maximum atomic E-state index is 6.16. The quantitative estimate of drug-likeness (QED) is 0.652. The van der Waals surface area contributed by atoms with Gasteiger partial charge in [0.25, 0.3) is 0 Å². The number of benzene rings is 2. The summed E-state index contributed by atoms with van der Waals surface area (Å²) in [6, 6.07) is 16.0. The minimum Gasteiger partial charge on any atom is -0.349 e. The van der Waals surface area contributed by atoms with Crippen molar-refractivity contribution in [1.82, 2.24) is 15.2 Å². The molecule has 5 nitrogen and oxygen atoms in total. The molecule has 6 heteroatoms. The number of anilines is 3. The number of rotatable bonds is 6. The largest absolute Gasteiger partial charge is 0.349 e. The molecule has 0 bridgehead atoms. The Hall–Kier alpha value is -2.66. The van der Waals surface area contributed by atoms with Crippen LogP contribution in [-0.4, -0.2) is 15.2 Å². The molecule has 0 spiro atoms. The number of aromatic nitrogens is 3. The third kappa shape index (κ3) is 4.67. The number of nitrogens with zero attached hydrogens (tertiary/aromatic N) is 3. The molecule has 128 valence electrons. The van der Waals surface area contributed by atoms with E-state index in [1.54, 1.807) is 6.20 Å². The van der Waals surface area contributed by atoms with Gasteiger partial charge in [0.15, 0.2) is 5.82 Å². The van der Waals surface area contributed by atoms with E-state index in [4.69, 9.17) is 11.6 Å². The summed E-state index contributed by atoms with van der Waals surface area (Å²) >= 11 is 6.16. The highest BCUT2D eigenvalue weighted by Crippen LogP contribution is 2.20. The minimum atomic E-state index is 0.448. The lowest BCUT2D eigenvalue weighted by Crippen LogP contribution is -2.06. The molecule has 0 radical (unpaired) electrons. The number of halogens is 1. The van der Waals surface area contributed by atoms with Crippen LogP contribution in [0.25, 0.3) is 0 Å². The summed E-state index contributed by atoms with van der Waals surface area (Å²) in [4.78, 5) is 4.43. The molecule has 25 heavy (non-hydrogen) atoms. The van der Waals surface area contributed by atoms with E-state index in [9.17, 15) is 0 Å². The van der Waals surface area contributed by atoms with Crippen molar-refractivity contribution < 1.29 is 0 Å². The number of nitrogens with one attached hydrogen (secondary N) is 2. The minimum absolute atomic E-state index is 0.448. The summed E-state index contributed by atoms with van der Waals surface area (Å²) in [5.74, 6) is 1.59. The zero-order valence-electron chi connectivity index (χ0n) is 14.2. The van der Waals surface area contributed by atoms with Gasteiger partial charge < -0.3 is 10.6 Å². The van der Waals surface area contributed by atoms with Gasteiger partial charge in [0.2, 0.25) is 5.95 Å². The highest BCUT2D eigenvalue weighted by atomic mass is 35.5. The number of hydrogen-bond acceptors (Lipinski definition) is 5. The fraction of sp³-hybridized carbons (Fsp3) is 0.211. The van der Waals surface area contributed by atoms with E-state index in [0.29, 0.717) is 29.3 Å². The van der Waals surface area contributed by atoms with E-state index >= 15 is 0 Å². The van der Waals surface area contributed by atoms with Crippen molar-refractivity contribution >= 4 is 29.1 Å². The second-order valence-corrected chi connectivity index (χ2v) is 6.42. The Morgan fingerprint density at radius 3 is 2.52 bits per heavy atom. The van der Waals surface area contributed by atoms with E-state index in [0.717, 1.165) is 11.3 Å². The van der Waals surface area contributed by atoms with Crippen molar-refractivity contribution in [3.8, 4) is 0 Å². The molecule has 3 rings (SSSR count). The highest BCUT2D eigenvalue weighted by molar-refractivity contribution is 6.31. The van der Waals surface area contributed by atoms with Crippen LogP contribution in [0.2, 0.25) is 5.02 Å². The molecule has 0 aliphatic carbocycles. The topological polar surface area (TPSA) is 62.7 Å². The highest BCUT2D eigenvalue weighted by Gasteiger charge is 2.04. The first kappa shape index (κ1) is 17.2. The SMILES string of the molecule is CC(C)c1ccc(Nc2cnnc(NCc3ccccc3Cl)n2)cc1. The summed E-state index contributed by atoms with van der Waals surface area (Å²) in [6.07, 6.45) is 1.59. The van der Waals surface area contributed by atoms with Crippen LogP contribution >= 0.6 is 11.6 Å². The molecular weight excluding hydrogens is 334 g/mol. The van der Waals surface area contributed by atoms with Gasteiger partial charge in [-0.15, -0.1) is 5.10 Å². The summed E-state index contributed by atoms with van der Waals surface area (Å²) in [6.45, 7) is 4.88. The number of hydrogen-bond donors (Lipinski definition) is 2. The van der Waals surface area contributed by atoms with Gasteiger partial charge in [0, 0.05) is 17.3 Å². The maximum Gasteiger partial charge on any atom is 0.244 e. The van der Waals surface area contributed by atoms with Gasteiger partial charge in [-0.25, -0.2) is 0 Å². The molecule has 0 unspecified atom stereocenters. The first-order chi connectivity index (χ1) is 12.1. The van der Waals surface area contributed by atoms with Crippen molar-refractivity contribution in [1.29, 1.82) is 0 Å². The molecule has 0 aliphatic heterocycles. The summed E-state index contributed by atoms with van der Waals surface area (Å²) < 4.78 is 0. The predicted octanol–water partition coefficient (Wildman–Crippen LogP) is 5.00. The molecule has 0 fully saturated rings. The van der Waals surface area contributed by atoms with Crippen LogP contribution < -0.4 is 10.6 Å². The molecule has 0 saturated carbocycles. The van der Waals surface area contributed by atoms with Crippen LogP contribution in [0.1, 0.15) is 30.9 Å². The van der Waals surface area contributed by atoms with Gasteiger partial charge in [-0.05, 0) is 35.2 Å². The molecular formula is C19H20ClN5. The summed E-state index contributed by atoms with van der Waals surface area (Å²) in [5, 5.41) is 15.1. The van der Waals surface area contributed by atoms with Gasteiger partial charge in [-0.1, -0.05) is 55.8 Å². The Bertz CT molecular complexity index is 833. The van der Waals surface area contributed by atoms with Crippen LogP contribution in [0.3, 0.4) is 0 Å². The lowest BCUT2D eigenvalue weighted by atomic mass is 10.0. The molecule has 0 aliphatic rings. The third-order valence-electron chi connectivity index (χ3n) is 3.80. The van der Waals surface area contributed by atoms with Gasteiger partial charge in [0.05, 0.1) is 6.20 Å². The Morgan fingerprint density at radius 2 is 1.80 bits per heavy atom. The van der Waals surface area contributed by atoms with E-state index in [-0.39, 0.29) is 0 Å². The van der Waals surface area contributed by atoms with Crippen molar-refractivity contribution in [2.45, 2.75) is 26.3 Å². The van der Waals surface area contributed by atoms with Crippen LogP contribution in [0, 0.1) is 0 Å². The zero-order valence-corrected chi connectivity index (χ0v) is 15.0. The standard InChI is InChI=1S/C19H20ClN5/c1-13(2)14-7-9-16(10-8-14)23-18-12-22-25-19(24-18)21-11-15-5-3-4-6-17(15)20/h3-10,12-13H,11H2,1-2H3,(H2,21,23,24,25). The Labute approximate surface area is 152 Å². The van der Waals surface area contributed by atoms with E-state index in [2.05, 4.69) is 51.8 Å². The lowest BCUT2D eigenvalue weighted by molar-refractivity contribution is 0.867. The lowest BCUT2D eigenvalue weighted by Gasteiger charge is -2.10. The molecule has 3 aromatic rings. The fourth-order valence-corrected chi connectivity index (χ4v) is 2.56. The summed E-state index contributed by atoms with van der Waals surface area (Å²) in [5.41, 5.74) is 3.24. The maximum absolute atomic E-state index is 6.16. The Balaban J connectivity index is 1.66. The molecule has 0 atom stereocenters. The first-order valence-electron chi connectivity index (χ1n) is 8.16. The average molecular weight is 354 g/mol. The van der Waals surface area contributed by atoms with Gasteiger partial charge in [0.1, 0.15) is 0 Å². The zero-order chi connectivity index (χ0) is 17.6. The Kier molecular flexibility index (Phi) is 5.46. The fourth-order valence-electron chi connectivity index (χ4n) is 2.35. The molecule has 0 amide bonds. The first-order valence-corrected chi connectivity index (χ1v) is 8.53. The van der Waals surface area contributed by atoms with E-state index in [1.807, 2.05) is 36.4 Å². The van der Waals surface area contributed by atoms with Crippen LogP contribution in [0.5, 0.6) is 0 Å². The molecule has 2 aromatic carbocycles. The van der Waals surface area contributed by atoms with Crippen LogP contribution in [-0.2, 0) is 6.54 Å². The Morgan fingerprint density at radius 1 is 1.04 bits per heavy atom. The molecule has 0 saturated heterocycles. The van der Waals surface area contributed by atoms with Crippen molar-refractivity contribution in [3.05, 3.63) is 70.9 Å².